The number of likely N-dealkylation sites (N-methyl/N-ethyl adjacent to an activating group) is 1. The molecule has 1 aliphatic rings. The van der Waals surface area contributed by atoms with Gasteiger partial charge in [0.1, 0.15) is 0 Å². The van der Waals surface area contributed by atoms with E-state index in [9.17, 15) is 0 Å². The van der Waals surface area contributed by atoms with Crippen LogP contribution in [0.15, 0.2) is 24.3 Å². The summed E-state index contributed by atoms with van der Waals surface area (Å²) in [6.07, 6.45) is 2.38. The quantitative estimate of drug-likeness (QED) is 0.812. The van der Waals surface area contributed by atoms with Crippen LogP contribution in [-0.4, -0.2) is 45.3 Å². The molecule has 1 aromatic rings. The Hall–Kier alpha value is -0.900. The molecular weight excluding hydrogens is 236 g/mol. The molecule has 106 valence electrons. The highest BCUT2D eigenvalue weighted by Gasteiger charge is 2.21. The summed E-state index contributed by atoms with van der Waals surface area (Å²) in [5.41, 5.74) is 2.84. The van der Waals surface area contributed by atoms with Crippen molar-refractivity contribution in [3.63, 3.8) is 0 Å². The summed E-state index contributed by atoms with van der Waals surface area (Å²) in [6.45, 7) is 5.40. The third-order valence-corrected chi connectivity index (χ3v) is 3.87. The third-order valence-electron chi connectivity index (χ3n) is 3.87. The van der Waals surface area contributed by atoms with Gasteiger partial charge in [-0.05, 0) is 50.0 Å². The first-order valence-electron chi connectivity index (χ1n) is 7.25. The summed E-state index contributed by atoms with van der Waals surface area (Å²) in [7, 11) is 3.80. The fraction of sp³-hybridized carbons (Fsp3) is 0.625. The van der Waals surface area contributed by atoms with Crippen molar-refractivity contribution in [2.75, 3.05) is 40.4 Å². The van der Waals surface area contributed by atoms with Crippen molar-refractivity contribution >= 4 is 0 Å². The van der Waals surface area contributed by atoms with Crippen molar-refractivity contribution in [3.8, 4) is 0 Å². The summed E-state index contributed by atoms with van der Waals surface area (Å²) in [5.74, 6) is 0.722. The van der Waals surface area contributed by atoms with E-state index in [-0.39, 0.29) is 0 Å². The zero-order chi connectivity index (χ0) is 13.5. The minimum atomic E-state index is 0.722. The Morgan fingerprint density at radius 3 is 2.68 bits per heavy atom. The van der Waals surface area contributed by atoms with Crippen LogP contribution in [0.1, 0.15) is 17.5 Å². The van der Waals surface area contributed by atoms with E-state index in [4.69, 9.17) is 4.74 Å². The first-order valence-corrected chi connectivity index (χ1v) is 7.25. The molecule has 1 saturated heterocycles. The lowest BCUT2D eigenvalue weighted by atomic mass is 10.1. The van der Waals surface area contributed by atoms with Gasteiger partial charge in [-0.2, -0.15) is 0 Å². The van der Waals surface area contributed by atoms with Crippen LogP contribution < -0.4 is 5.32 Å². The minimum absolute atomic E-state index is 0.722. The third kappa shape index (κ3) is 4.60. The van der Waals surface area contributed by atoms with E-state index in [2.05, 4.69) is 34.5 Å². The van der Waals surface area contributed by atoms with Gasteiger partial charge >= 0.3 is 0 Å². The number of nitrogens with one attached hydrogen (secondary N) is 1. The molecule has 2 rings (SSSR count). The number of hydrogen-bond acceptors (Lipinski definition) is 3. The van der Waals surface area contributed by atoms with Gasteiger partial charge in [0.15, 0.2) is 0 Å². The van der Waals surface area contributed by atoms with Crippen LogP contribution >= 0.6 is 0 Å². The standard InChI is InChI=1S/C16H26N2O/c1-17-9-7-14-3-5-15(6-4-14)11-18-10-8-16(12-18)13-19-2/h3-6,16-17H,7-13H2,1-2H3. The maximum atomic E-state index is 5.24. The molecule has 1 fully saturated rings. The van der Waals surface area contributed by atoms with Gasteiger partial charge in [-0.25, -0.2) is 0 Å². The predicted molar refractivity (Wildman–Crippen MR) is 79.3 cm³/mol. The molecule has 1 unspecified atom stereocenters. The van der Waals surface area contributed by atoms with Gasteiger partial charge in [-0.1, -0.05) is 24.3 Å². The van der Waals surface area contributed by atoms with E-state index in [0.29, 0.717) is 0 Å². The molecule has 0 radical (unpaired) electrons. The Morgan fingerprint density at radius 2 is 2.00 bits per heavy atom. The molecule has 0 bridgehead atoms. The Bertz CT molecular complexity index is 364. The monoisotopic (exact) mass is 262 g/mol. The van der Waals surface area contributed by atoms with E-state index in [1.54, 1.807) is 7.11 Å². The number of nitrogens with zero attached hydrogens (tertiary/aromatic N) is 1. The maximum Gasteiger partial charge on any atom is 0.0503 e. The summed E-state index contributed by atoms with van der Waals surface area (Å²) >= 11 is 0. The highest BCUT2D eigenvalue weighted by molar-refractivity contribution is 5.22. The van der Waals surface area contributed by atoms with E-state index >= 15 is 0 Å². The molecule has 1 aromatic carbocycles. The van der Waals surface area contributed by atoms with Gasteiger partial charge in [0.05, 0.1) is 6.61 Å². The molecule has 1 atom stereocenters. The first kappa shape index (κ1) is 14.5. The topological polar surface area (TPSA) is 24.5 Å². The molecule has 0 spiro atoms. The van der Waals surface area contributed by atoms with Gasteiger partial charge in [0.2, 0.25) is 0 Å². The lowest BCUT2D eigenvalue weighted by molar-refractivity contribution is 0.152. The molecule has 19 heavy (non-hydrogen) atoms. The van der Waals surface area contributed by atoms with E-state index in [1.807, 2.05) is 7.05 Å². The van der Waals surface area contributed by atoms with Crippen LogP contribution in [0.25, 0.3) is 0 Å². The van der Waals surface area contributed by atoms with Crippen LogP contribution in [0.5, 0.6) is 0 Å². The summed E-state index contributed by atoms with van der Waals surface area (Å²) in [6, 6.07) is 9.06. The molecule has 1 heterocycles. The smallest absolute Gasteiger partial charge is 0.0503 e. The lowest BCUT2D eigenvalue weighted by Gasteiger charge is -2.16. The van der Waals surface area contributed by atoms with Crippen LogP contribution in [0.2, 0.25) is 0 Å². The Labute approximate surface area is 116 Å². The first-order chi connectivity index (χ1) is 9.31. The highest BCUT2D eigenvalue weighted by atomic mass is 16.5. The summed E-state index contributed by atoms with van der Waals surface area (Å²) in [5, 5.41) is 3.19. The van der Waals surface area contributed by atoms with Crippen molar-refractivity contribution in [1.82, 2.24) is 10.2 Å². The Kier molecular flexibility index (Phi) is 5.83. The fourth-order valence-corrected chi connectivity index (χ4v) is 2.77. The van der Waals surface area contributed by atoms with E-state index in [0.717, 1.165) is 32.0 Å². The van der Waals surface area contributed by atoms with E-state index in [1.165, 1.54) is 30.6 Å². The fourth-order valence-electron chi connectivity index (χ4n) is 2.77. The molecule has 3 heteroatoms. The van der Waals surface area contributed by atoms with E-state index < -0.39 is 0 Å². The molecule has 3 nitrogen and oxygen atoms in total. The van der Waals surface area contributed by atoms with Crippen LogP contribution in [0.3, 0.4) is 0 Å². The molecule has 1 aliphatic heterocycles. The van der Waals surface area contributed by atoms with Gasteiger partial charge in [-0.3, -0.25) is 4.90 Å². The summed E-state index contributed by atoms with van der Waals surface area (Å²) < 4.78 is 5.24. The average Bonchev–Trinajstić information content (AvgIpc) is 2.86. The zero-order valence-corrected chi connectivity index (χ0v) is 12.2. The normalized spacial score (nSPS) is 20.0. The molecular formula is C16H26N2O. The molecule has 0 aromatic heterocycles. The average molecular weight is 262 g/mol. The number of ether oxygens (including phenoxy) is 1. The number of rotatable bonds is 7. The van der Waals surface area contributed by atoms with Crippen LogP contribution in [0, 0.1) is 5.92 Å². The highest BCUT2D eigenvalue weighted by Crippen LogP contribution is 2.19. The zero-order valence-electron chi connectivity index (χ0n) is 12.2. The SMILES string of the molecule is CNCCc1ccc(CN2CCC(COC)C2)cc1. The van der Waals surface area contributed by atoms with Crippen molar-refractivity contribution in [1.29, 1.82) is 0 Å². The number of likely N-dealkylation sites (tertiary alicyclic amines) is 1. The minimum Gasteiger partial charge on any atom is -0.384 e. The molecule has 0 amide bonds. The number of hydrogen-bond donors (Lipinski definition) is 1. The Balaban J connectivity index is 1.80. The van der Waals surface area contributed by atoms with Crippen molar-refractivity contribution in [3.05, 3.63) is 35.4 Å². The number of benzene rings is 1. The van der Waals surface area contributed by atoms with Gasteiger partial charge in [-0.15, -0.1) is 0 Å². The molecule has 1 N–H and O–H groups in total. The maximum absolute atomic E-state index is 5.24. The predicted octanol–water partition coefficient (Wildman–Crippen LogP) is 1.92. The summed E-state index contributed by atoms with van der Waals surface area (Å²) in [4.78, 5) is 2.53. The van der Waals surface area contributed by atoms with Gasteiger partial charge in [0.25, 0.3) is 0 Å². The van der Waals surface area contributed by atoms with Gasteiger partial charge < -0.3 is 10.1 Å². The van der Waals surface area contributed by atoms with Crippen LogP contribution in [0.4, 0.5) is 0 Å². The van der Waals surface area contributed by atoms with Crippen molar-refractivity contribution in [2.45, 2.75) is 19.4 Å². The van der Waals surface area contributed by atoms with Gasteiger partial charge in [0, 0.05) is 20.2 Å². The van der Waals surface area contributed by atoms with Crippen LogP contribution in [-0.2, 0) is 17.7 Å². The second-order valence-corrected chi connectivity index (χ2v) is 5.52. The van der Waals surface area contributed by atoms with Crippen molar-refractivity contribution < 1.29 is 4.74 Å². The molecule has 0 saturated carbocycles. The molecule has 0 aliphatic carbocycles. The Morgan fingerprint density at radius 1 is 1.26 bits per heavy atom. The lowest BCUT2D eigenvalue weighted by Crippen LogP contribution is -2.21. The second kappa shape index (κ2) is 7.63. The second-order valence-electron chi connectivity index (χ2n) is 5.52. The number of methoxy groups -OCH3 is 1. The largest absolute Gasteiger partial charge is 0.384 e. The van der Waals surface area contributed by atoms with Crippen molar-refractivity contribution in [2.24, 2.45) is 5.92 Å².